The highest BCUT2D eigenvalue weighted by Gasteiger charge is 2.43. The van der Waals surface area contributed by atoms with Crippen LogP contribution in [-0.4, -0.2) is 30.3 Å². The Morgan fingerprint density at radius 3 is 0.973 bits per heavy atom. The molecule has 4 heteroatoms. The van der Waals surface area contributed by atoms with Gasteiger partial charge in [0.25, 0.3) is 0 Å². The minimum absolute atomic E-state index is 0.0361. The molecule has 0 radical (unpaired) electrons. The van der Waals surface area contributed by atoms with Gasteiger partial charge in [0.15, 0.2) is 5.79 Å². The van der Waals surface area contributed by atoms with E-state index in [4.69, 9.17) is 9.47 Å². The highest BCUT2D eigenvalue weighted by atomic mass is 31.1. The fourth-order valence-corrected chi connectivity index (χ4v) is 9.64. The maximum atomic E-state index is 6.61. The molecule has 192 valence electrons. The fourth-order valence-electron chi connectivity index (χ4n) is 4.73. The van der Waals surface area contributed by atoms with Gasteiger partial charge in [-0.2, -0.15) is 0 Å². The predicted molar refractivity (Wildman–Crippen MR) is 163 cm³/mol. The average Bonchev–Trinajstić information content (AvgIpc) is 3.26. The van der Waals surface area contributed by atoms with Crippen molar-refractivity contribution in [2.45, 2.75) is 45.7 Å². The van der Waals surface area contributed by atoms with Crippen LogP contribution in [0.2, 0.25) is 0 Å². The van der Waals surface area contributed by atoms with Gasteiger partial charge in [0.1, 0.15) is 0 Å². The summed E-state index contributed by atoms with van der Waals surface area (Å²) < 4.78 is 13.2. The molecule has 0 bridgehead atoms. The predicted octanol–water partition coefficient (Wildman–Crippen LogP) is 6.80. The maximum absolute atomic E-state index is 6.61. The van der Waals surface area contributed by atoms with Crippen molar-refractivity contribution in [1.82, 2.24) is 0 Å². The van der Waals surface area contributed by atoms with Gasteiger partial charge in [0.2, 0.25) is 0 Å². The van der Waals surface area contributed by atoms with Gasteiger partial charge in [0.05, 0.1) is 12.2 Å². The molecule has 0 amide bonds. The van der Waals surface area contributed by atoms with Crippen molar-refractivity contribution in [2.75, 3.05) is 12.3 Å². The van der Waals surface area contributed by atoms with Gasteiger partial charge in [-0.3, -0.25) is 0 Å². The minimum atomic E-state index is -0.585. The molecule has 2 atom stereocenters. The van der Waals surface area contributed by atoms with Crippen LogP contribution in [0.4, 0.5) is 0 Å². The molecule has 4 aromatic carbocycles. The van der Waals surface area contributed by atoms with Crippen molar-refractivity contribution in [3.05, 3.63) is 121 Å². The summed E-state index contributed by atoms with van der Waals surface area (Å²) in [6.45, 7) is 8.11. The molecule has 4 aromatic rings. The number of hydrogen-bond acceptors (Lipinski definition) is 2. The monoisotopic (exact) mass is 528 g/mol. The standard InChI is InChI=1S/C31H32O2P2.C2H6/c1-31(2)32-29(23-34(25-15-7-3-8-16-25)26-17-9-4-10-18-26)30(33-31)24-35(27-19-11-5-12-20-27)28-21-13-6-14-22-28;1-2/h3-22,29-30H,23-24H2,1-2H3;1-2H3/t29-,30-;/m0./s1. The Labute approximate surface area is 225 Å². The molecule has 1 heterocycles. The molecule has 0 N–H and O–H groups in total. The van der Waals surface area contributed by atoms with Crippen LogP contribution < -0.4 is 21.2 Å². The fraction of sp³-hybridized carbons (Fsp3) is 0.273. The summed E-state index contributed by atoms with van der Waals surface area (Å²) in [6.07, 6.45) is 1.97. The molecule has 2 nitrogen and oxygen atoms in total. The van der Waals surface area contributed by atoms with Crippen molar-refractivity contribution in [3.8, 4) is 0 Å². The zero-order valence-corrected chi connectivity index (χ0v) is 24.1. The van der Waals surface area contributed by atoms with Crippen molar-refractivity contribution < 1.29 is 9.47 Å². The number of benzene rings is 4. The van der Waals surface area contributed by atoms with Crippen molar-refractivity contribution in [3.63, 3.8) is 0 Å². The van der Waals surface area contributed by atoms with E-state index in [1.807, 2.05) is 13.8 Å². The average molecular weight is 529 g/mol. The Morgan fingerprint density at radius 1 is 0.486 bits per heavy atom. The summed E-state index contributed by atoms with van der Waals surface area (Å²) in [5.41, 5.74) is 0. The minimum Gasteiger partial charge on any atom is -0.344 e. The van der Waals surface area contributed by atoms with Crippen LogP contribution >= 0.6 is 15.8 Å². The van der Waals surface area contributed by atoms with Gasteiger partial charge in [0, 0.05) is 12.3 Å². The molecular formula is C33H38O2P2. The lowest BCUT2D eigenvalue weighted by Crippen LogP contribution is -2.33. The van der Waals surface area contributed by atoms with Crippen molar-refractivity contribution >= 4 is 37.1 Å². The second kappa shape index (κ2) is 13.5. The first kappa shape index (κ1) is 27.7. The molecular weight excluding hydrogens is 490 g/mol. The second-order valence-electron chi connectivity index (χ2n) is 9.28. The first-order chi connectivity index (χ1) is 18.1. The first-order valence-electron chi connectivity index (χ1n) is 13.2. The van der Waals surface area contributed by atoms with Crippen molar-refractivity contribution in [1.29, 1.82) is 0 Å². The third-order valence-electron chi connectivity index (χ3n) is 6.28. The van der Waals surface area contributed by atoms with E-state index in [2.05, 4.69) is 135 Å². The van der Waals surface area contributed by atoms with E-state index in [0.29, 0.717) is 0 Å². The van der Waals surface area contributed by atoms with Gasteiger partial charge in [-0.05, 0) is 50.9 Å². The Kier molecular flexibility index (Phi) is 10.1. The van der Waals surface area contributed by atoms with Gasteiger partial charge in [-0.1, -0.05) is 135 Å². The quantitative estimate of drug-likeness (QED) is 0.234. The molecule has 0 saturated carbocycles. The largest absolute Gasteiger partial charge is 0.344 e. The van der Waals surface area contributed by atoms with E-state index in [1.165, 1.54) is 21.2 Å². The molecule has 1 fully saturated rings. The highest BCUT2D eigenvalue weighted by molar-refractivity contribution is 7.73. The van der Waals surface area contributed by atoms with Crippen molar-refractivity contribution in [2.24, 2.45) is 0 Å². The van der Waals surface area contributed by atoms with Crippen LogP contribution in [0, 0.1) is 0 Å². The first-order valence-corrected chi connectivity index (χ1v) is 16.3. The van der Waals surface area contributed by atoms with E-state index in [9.17, 15) is 0 Å². The molecule has 1 aliphatic rings. The smallest absolute Gasteiger partial charge is 0.163 e. The lowest BCUT2D eigenvalue weighted by Gasteiger charge is -2.27. The highest BCUT2D eigenvalue weighted by Crippen LogP contribution is 2.44. The Bertz CT molecular complexity index is 1010. The van der Waals surface area contributed by atoms with E-state index in [1.54, 1.807) is 0 Å². The van der Waals surface area contributed by atoms with E-state index < -0.39 is 21.6 Å². The molecule has 0 aliphatic carbocycles. The SMILES string of the molecule is CC.CC1(C)O[C@@H](CP(c2ccccc2)c2ccccc2)[C@H](CP(c2ccccc2)c2ccccc2)O1. The summed E-state index contributed by atoms with van der Waals surface area (Å²) in [6, 6.07) is 43.6. The van der Waals surface area contributed by atoms with Gasteiger partial charge < -0.3 is 9.47 Å². The number of ether oxygens (including phenoxy) is 2. The van der Waals surface area contributed by atoms with Crippen LogP contribution in [-0.2, 0) is 9.47 Å². The summed E-state index contributed by atoms with van der Waals surface area (Å²) in [5, 5.41) is 5.53. The Hall–Kier alpha value is -2.34. The van der Waals surface area contributed by atoms with Gasteiger partial charge in [-0.25, -0.2) is 0 Å². The molecule has 0 unspecified atom stereocenters. The zero-order valence-electron chi connectivity index (χ0n) is 22.3. The summed E-state index contributed by atoms with van der Waals surface area (Å²) in [4.78, 5) is 0. The molecule has 0 spiro atoms. The lowest BCUT2D eigenvalue weighted by atomic mass is 10.3. The summed E-state index contributed by atoms with van der Waals surface area (Å²) >= 11 is 0. The molecule has 1 aliphatic heterocycles. The molecule has 5 rings (SSSR count). The second-order valence-corrected chi connectivity index (χ2v) is 13.8. The van der Waals surface area contributed by atoms with Crippen LogP contribution in [0.5, 0.6) is 0 Å². The Morgan fingerprint density at radius 2 is 0.730 bits per heavy atom. The summed E-state index contributed by atoms with van der Waals surface area (Å²) in [5.74, 6) is -0.585. The van der Waals surface area contributed by atoms with Gasteiger partial charge in [-0.15, -0.1) is 0 Å². The van der Waals surface area contributed by atoms with E-state index in [0.717, 1.165) is 12.3 Å². The molecule has 0 aromatic heterocycles. The number of hydrogen-bond donors (Lipinski definition) is 0. The lowest BCUT2D eigenvalue weighted by molar-refractivity contribution is -0.142. The zero-order chi connectivity index (χ0) is 26.1. The molecule has 1 saturated heterocycles. The third kappa shape index (κ3) is 7.37. The van der Waals surface area contributed by atoms with E-state index in [-0.39, 0.29) is 12.2 Å². The van der Waals surface area contributed by atoms with Crippen LogP contribution in [0.1, 0.15) is 27.7 Å². The van der Waals surface area contributed by atoms with Gasteiger partial charge >= 0.3 is 0 Å². The van der Waals surface area contributed by atoms with E-state index >= 15 is 0 Å². The molecule has 37 heavy (non-hydrogen) atoms. The number of rotatable bonds is 8. The van der Waals surface area contributed by atoms with Crippen LogP contribution in [0.3, 0.4) is 0 Å². The van der Waals surface area contributed by atoms with Crippen LogP contribution in [0.25, 0.3) is 0 Å². The topological polar surface area (TPSA) is 18.5 Å². The normalized spacial score (nSPS) is 18.4. The van der Waals surface area contributed by atoms with Crippen LogP contribution in [0.15, 0.2) is 121 Å². The Balaban J connectivity index is 0.00000156. The third-order valence-corrected chi connectivity index (χ3v) is 11.4. The summed E-state index contributed by atoms with van der Waals surface area (Å²) in [7, 11) is -1.12. The maximum Gasteiger partial charge on any atom is 0.163 e.